The lowest BCUT2D eigenvalue weighted by atomic mass is 10.1. The van der Waals surface area contributed by atoms with Gasteiger partial charge >= 0.3 is 5.97 Å². The average molecular weight is 487 g/mol. The van der Waals surface area contributed by atoms with Gasteiger partial charge in [0.2, 0.25) is 0 Å². The van der Waals surface area contributed by atoms with Gasteiger partial charge in [-0.05, 0) is 60.9 Å². The van der Waals surface area contributed by atoms with Crippen LogP contribution in [0.4, 0.5) is 0 Å². The van der Waals surface area contributed by atoms with Crippen molar-refractivity contribution >= 4 is 33.9 Å². The molecule has 0 saturated carbocycles. The third-order valence-corrected chi connectivity index (χ3v) is 5.00. The van der Waals surface area contributed by atoms with E-state index >= 15 is 0 Å². The summed E-state index contributed by atoms with van der Waals surface area (Å²) in [4.78, 5) is 24.2. The monoisotopic (exact) mass is 486 g/mol. The SMILES string of the molecule is CCCNC(=O)/C(C#N)=C/c1ccc(OC(=O)COc2ccc(Br)c(C)c2)c(OC)c1. The number of aryl methyl sites for hydroxylation is 1. The minimum absolute atomic E-state index is 0.0292. The summed E-state index contributed by atoms with van der Waals surface area (Å²) in [5.41, 5.74) is 1.51. The highest BCUT2D eigenvalue weighted by atomic mass is 79.9. The maximum Gasteiger partial charge on any atom is 0.349 e. The number of hydrogen-bond acceptors (Lipinski definition) is 6. The van der Waals surface area contributed by atoms with Crippen LogP contribution in [0.3, 0.4) is 0 Å². The second-order valence-corrected chi connectivity index (χ2v) is 7.36. The lowest BCUT2D eigenvalue weighted by Crippen LogP contribution is -2.25. The Morgan fingerprint density at radius 2 is 1.97 bits per heavy atom. The van der Waals surface area contributed by atoms with Gasteiger partial charge in [0.05, 0.1) is 7.11 Å². The molecule has 0 spiro atoms. The van der Waals surface area contributed by atoms with Crippen molar-refractivity contribution in [3.8, 4) is 23.3 Å². The van der Waals surface area contributed by atoms with Gasteiger partial charge in [-0.2, -0.15) is 5.26 Å². The van der Waals surface area contributed by atoms with Crippen LogP contribution in [0, 0.1) is 18.3 Å². The van der Waals surface area contributed by atoms with Gasteiger partial charge < -0.3 is 19.5 Å². The summed E-state index contributed by atoms with van der Waals surface area (Å²) in [5, 5.41) is 11.9. The number of rotatable bonds is 9. The number of nitrogens with one attached hydrogen (secondary N) is 1. The van der Waals surface area contributed by atoms with Gasteiger partial charge in [0, 0.05) is 11.0 Å². The number of carbonyl (C=O) groups is 2. The van der Waals surface area contributed by atoms with Gasteiger partial charge in [0.1, 0.15) is 17.4 Å². The number of nitriles is 1. The lowest BCUT2D eigenvalue weighted by Gasteiger charge is -2.11. The summed E-state index contributed by atoms with van der Waals surface area (Å²) in [6.07, 6.45) is 2.21. The third-order valence-electron chi connectivity index (χ3n) is 4.11. The zero-order valence-corrected chi connectivity index (χ0v) is 19.1. The minimum Gasteiger partial charge on any atom is -0.493 e. The van der Waals surface area contributed by atoms with Crippen LogP contribution in [0.5, 0.6) is 17.2 Å². The number of nitrogens with zero attached hydrogens (tertiary/aromatic N) is 1. The summed E-state index contributed by atoms with van der Waals surface area (Å²) in [6.45, 7) is 4.05. The molecule has 0 aromatic heterocycles. The molecular weight excluding hydrogens is 464 g/mol. The van der Waals surface area contributed by atoms with Gasteiger partial charge in [-0.25, -0.2) is 4.79 Å². The van der Waals surface area contributed by atoms with E-state index in [1.165, 1.54) is 19.3 Å². The highest BCUT2D eigenvalue weighted by Gasteiger charge is 2.13. The topological polar surface area (TPSA) is 97.7 Å². The van der Waals surface area contributed by atoms with E-state index in [1.807, 2.05) is 32.0 Å². The number of hydrogen-bond donors (Lipinski definition) is 1. The Morgan fingerprint density at radius 3 is 2.61 bits per heavy atom. The van der Waals surface area contributed by atoms with Crippen molar-refractivity contribution in [2.45, 2.75) is 20.3 Å². The molecule has 1 N–H and O–H groups in total. The number of methoxy groups -OCH3 is 1. The number of ether oxygens (including phenoxy) is 3. The highest BCUT2D eigenvalue weighted by Crippen LogP contribution is 2.29. The molecule has 31 heavy (non-hydrogen) atoms. The number of esters is 1. The predicted molar refractivity (Wildman–Crippen MR) is 120 cm³/mol. The molecule has 8 heteroatoms. The van der Waals surface area contributed by atoms with E-state index in [0.717, 1.165) is 16.5 Å². The number of benzene rings is 2. The van der Waals surface area contributed by atoms with Gasteiger partial charge in [-0.1, -0.05) is 28.9 Å². The molecule has 7 nitrogen and oxygen atoms in total. The van der Waals surface area contributed by atoms with E-state index in [9.17, 15) is 14.9 Å². The van der Waals surface area contributed by atoms with E-state index in [4.69, 9.17) is 14.2 Å². The summed E-state index contributed by atoms with van der Waals surface area (Å²) < 4.78 is 17.0. The molecule has 0 saturated heterocycles. The van der Waals surface area contributed by atoms with E-state index < -0.39 is 11.9 Å². The smallest absolute Gasteiger partial charge is 0.349 e. The third kappa shape index (κ3) is 7.15. The first kappa shape index (κ1) is 24.0. The molecule has 2 aromatic rings. The molecule has 0 aliphatic carbocycles. The fourth-order valence-corrected chi connectivity index (χ4v) is 2.76. The van der Waals surface area contributed by atoms with Gasteiger partial charge in [0.15, 0.2) is 18.1 Å². The Morgan fingerprint density at radius 1 is 1.19 bits per heavy atom. The van der Waals surface area contributed by atoms with Crippen molar-refractivity contribution < 1.29 is 23.8 Å². The molecule has 0 aliphatic heterocycles. The number of amides is 1. The van der Waals surface area contributed by atoms with Crippen LogP contribution in [0.1, 0.15) is 24.5 Å². The van der Waals surface area contributed by atoms with Gasteiger partial charge in [0.25, 0.3) is 5.91 Å². The van der Waals surface area contributed by atoms with Crippen LogP contribution < -0.4 is 19.5 Å². The van der Waals surface area contributed by atoms with Crippen LogP contribution in [0.2, 0.25) is 0 Å². The first-order chi connectivity index (χ1) is 14.9. The van der Waals surface area contributed by atoms with Crippen molar-refractivity contribution in [3.63, 3.8) is 0 Å². The van der Waals surface area contributed by atoms with E-state index in [2.05, 4.69) is 21.2 Å². The molecule has 0 bridgehead atoms. The van der Waals surface area contributed by atoms with Gasteiger partial charge in [-0.15, -0.1) is 0 Å². The number of halogens is 1. The van der Waals surface area contributed by atoms with E-state index in [-0.39, 0.29) is 23.7 Å². The molecule has 0 unspecified atom stereocenters. The molecule has 0 atom stereocenters. The van der Waals surface area contributed by atoms with Crippen molar-refractivity contribution in [1.82, 2.24) is 5.32 Å². The van der Waals surface area contributed by atoms with Crippen molar-refractivity contribution in [2.24, 2.45) is 0 Å². The zero-order chi connectivity index (χ0) is 22.8. The maximum absolute atomic E-state index is 12.2. The first-order valence-electron chi connectivity index (χ1n) is 9.55. The summed E-state index contributed by atoms with van der Waals surface area (Å²) in [7, 11) is 1.43. The summed E-state index contributed by atoms with van der Waals surface area (Å²) in [5.74, 6) is -0.00419. The fraction of sp³-hybridized carbons (Fsp3) is 0.261. The Labute approximate surface area is 189 Å². The molecule has 0 fully saturated rings. The molecule has 162 valence electrons. The van der Waals surface area contributed by atoms with Crippen molar-refractivity contribution in [3.05, 3.63) is 57.6 Å². The van der Waals surface area contributed by atoms with Crippen molar-refractivity contribution in [1.29, 1.82) is 5.26 Å². The summed E-state index contributed by atoms with van der Waals surface area (Å²) in [6, 6.07) is 12.0. The quantitative estimate of drug-likeness (QED) is 0.247. The first-order valence-corrected chi connectivity index (χ1v) is 10.3. The van der Waals surface area contributed by atoms with Crippen LogP contribution in [0.15, 0.2) is 46.4 Å². The highest BCUT2D eigenvalue weighted by molar-refractivity contribution is 9.10. The summed E-state index contributed by atoms with van der Waals surface area (Å²) >= 11 is 3.41. The largest absolute Gasteiger partial charge is 0.493 e. The van der Waals surface area contributed by atoms with Crippen LogP contribution >= 0.6 is 15.9 Å². The van der Waals surface area contributed by atoms with Crippen LogP contribution in [0.25, 0.3) is 6.08 Å². The average Bonchev–Trinajstić information content (AvgIpc) is 2.77. The van der Waals surface area contributed by atoms with E-state index in [0.29, 0.717) is 17.9 Å². The standard InChI is InChI=1S/C23H23BrN2O5/c1-4-9-26-23(28)17(13-25)11-16-5-8-20(21(12-16)29-3)31-22(27)14-30-18-6-7-19(24)15(2)10-18/h5-8,10-12H,4,9,14H2,1-3H3,(H,26,28)/b17-11+. The Bertz CT molecular complexity index is 1030. The zero-order valence-electron chi connectivity index (χ0n) is 17.5. The predicted octanol–water partition coefficient (Wildman–Crippen LogP) is 4.18. The molecule has 0 radical (unpaired) electrons. The molecule has 0 aliphatic rings. The fourth-order valence-electron chi connectivity index (χ4n) is 2.51. The van der Waals surface area contributed by atoms with Crippen LogP contribution in [-0.4, -0.2) is 32.1 Å². The normalized spacial score (nSPS) is 10.7. The molecule has 1 amide bonds. The number of carbonyl (C=O) groups excluding carboxylic acids is 2. The Hall–Kier alpha value is -3.31. The Kier molecular flexibility index (Phi) is 9.10. The Balaban J connectivity index is 2.07. The molecular formula is C23H23BrN2O5. The molecule has 2 aromatic carbocycles. The van der Waals surface area contributed by atoms with Gasteiger partial charge in [-0.3, -0.25) is 4.79 Å². The maximum atomic E-state index is 12.2. The molecule has 2 rings (SSSR count). The van der Waals surface area contributed by atoms with E-state index in [1.54, 1.807) is 18.2 Å². The second-order valence-electron chi connectivity index (χ2n) is 6.51. The molecule has 0 heterocycles. The lowest BCUT2D eigenvalue weighted by molar-refractivity contribution is -0.136. The van der Waals surface area contributed by atoms with Crippen LogP contribution in [-0.2, 0) is 9.59 Å². The minimum atomic E-state index is -0.598. The second kappa shape index (κ2) is 11.8. The van der Waals surface area contributed by atoms with Crippen molar-refractivity contribution in [2.75, 3.05) is 20.3 Å².